The SMILES string of the molecule is CC(C)=CCCCCCOC1OC[C@@H](O)[C@](C)(O)[C@H]1O. The molecule has 5 nitrogen and oxygen atoms in total. The van der Waals surface area contributed by atoms with Gasteiger partial charge < -0.3 is 24.8 Å². The number of ether oxygens (including phenoxy) is 2. The molecule has 1 rings (SSSR count). The van der Waals surface area contributed by atoms with E-state index < -0.39 is 24.1 Å². The van der Waals surface area contributed by atoms with Gasteiger partial charge in [0.1, 0.15) is 17.8 Å². The van der Waals surface area contributed by atoms with Crippen LogP contribution in [0.3, 0.4) is 0 Å². The standard InChI is InChI=1S/C15H28O5/c1-11(2)8-6-4-5-7-9-19-14-13(17)15(3,18)12(16)10-20-14/h8,12-14,16-18H,4-7,9-10H2,1-3H3/t12-,13+,14?,15+/m1/s1. The van der Waals surface area contributed by atoms with E-state index in [1.165, 1.54) is 12.5 Å². The van der Waals surface area contributed by atoms with Crippen molar-refractivity contribution in [3.8, 4) is 0 Å². The Hall–Kier alpha value is -0.460. The van der Waals surface area contributed by atoms with E-state index in [0.717, 1.165) is 25.7 Å². The van der Waals surface area contributed by atoms with Gasteiger partial charge in [-0.25, -0.2) is 0 Å². The maximum atomic E-state index is 9.94. The fraction of sp³-hybridized carbons (Fsp3) is 0.867. The molecule has 5 heteroatoms. The van der Waals surface area contributed by atoms with Crippen LogP contribution in [0.15, 0.2) is 11.6 Å². The van der Waals surface area contributed by atoms with E-state index in [-0.39, 0.29) is 6.61 Å². The summed E-state index contributed by atoms with van der Waals surface area (Å²) >= 11 is 0. The topological polar surface area (TPSA) is 79.2 Å². The van der Waals surface area contributed by atoms with Crippen LogP contribution in [0.2, 0.25) is 0 Å². The Morgan fingerprint density at radius 3 is 2.65 bits per heavy atom. The minimum absolute atomic E-state index is 0.0324. The van der Waals surface area contributed by atoms with Gasteiger partial charge >= 0.3 is 0 Å². The van der Waals surface area contributed by atoms with Crippen LogP contribution in [0.25, 0.3) is 0 Å². The van der Waals surface area contributed by atoms with Crippen LogP contribution in [0.5, 0.6) is 0 Å². The molecule has 0 amide bonds. The number of unbranched alkanes of at least 4 members (excludes halogenated alkanes) is 3. The van der Waals surface area contributed by atoms with Crippen molar-refractivity contribution in [1.82, 2.24) is 0 Å². The highest BCUT2D eigenvalue weighted by Gasteiger charge is 2.47. The zero-order valence-corrected chi connectivity index (χ0v) is 12.7. The third kappa shape index (κ3) is 5.14. The van der Waals surface area contributed by atoms with Crippen molar-refractivity contribution >= 4 is 0 Å². The molecule has 1 heterocycles. The molecule has 4 atom stereocenters. The Labute approximate surface area is 121 Å². The van der Waals surface area contributed by atoms with Crippen molar-refractivity contribution in [2.75, 3.05) is 13.2 Å². The minimum atomic E-state index is -1.59. The lowest BCUT2D eigenvalue weighted by molar-refractivity contribution is -0.299. The molecule has 20 heavy (non-hydrogen) atoms. The zero-order valence-electron chi connectivity index (χ0n) is 12.7. The van der Waals surface area contributed by atoms with E-state index in [0.29, 0.717) is 6.61 Å². The quantitative estimate of drug-likeness (QED) is 0.487. The number of hydrogen-bond donors (Lipinski definition) is 3. The van der Waals surface area contributed by atoms with Gasteiger partial charge in [0.25, 0.3) is 0 Å². The maximum Gasteiger partial charge on any atom is 0.186 e. The summed E-state index contributed by atoms with van der Waals surface area (Å²) in [5.74, 6) is 0. The lowest BCUT2D eigenvalue weighted by Gasteiger charge is -2.42. The second-order valence-corrected chi connectivity index (χ2v) is 5.89. The third-order valence-corrected chi connectivity index (χ3v) is 3.63. The molecular weight excluding hydrogens is 260 g/mol. The van der Waals surface area contributed by atoms with Crippen LogP contribution >= 0.6 is 0 Å². The van der Waals surface area contributed by atoms with Crippen LogP contribution in [-0.2, 0) is 9.47 Å². The molecule has 0 radical (unpaired) electrons. The van der Waals surface area contributed by atoms with Gasteiger partial charge in [0.05, 0.1) is 6.61 Å². The zero-order chi connectivity index (χ0) is 15.2. The molecule has 0 spiro atoms. The summed E-state index contributed by atoms with van der Waals surface area (Å²) in [6.07, 6.45) is 3.13. The third-order valence-electron chi connectivity index (χ3n) is 3.63. The summed E-state index contributed by atoms with van der Waals surface area (Å²) in [5, 5.41) is 29.4. The number of allylic oxidation sites excluding steroid dienone is 2. The second-order valence-electron chi connectivity index (χ2n) is 5.89. The number of rotatable bonds is 7. The summed E-state index contributed by atoms with van der Waals surface area (Å²) in [7, 11) is 0. The summed E-state index contributed by atoms with van der Waals surface area (Å²) in [5.41, 5.74) is -0.257. The first-order valence-electron chi connectivity index (χ1n) is 7.30. The first-order valence-corrected chi connectivity index (χ1v) is 7.30. The van der Waals surface area contributed by atoms with Crippen LogP contribution in [-0.4, -0.2) is 52.6 Å². The predicted molar refractivity (Wildman–Crippen MR) is 76.2 cm³/mol. The molecular formula is C15H28O5. The number of hydrogen-bond acceptors (Lipinski definition) is 5. The lowest BCUT2D eigenvalue weighted by atomic mass is 9.90. The van der Waals surface area contributed by atoms with Gasteiger partial charge in [-0.15, -0.1) is 0 Å². The molecule has 0 aromatic carbocycles. The molecule has 0 bridgehead atoms. The average molecular weight is 288 g/mol. The van der Waals surface area contributed by atoms with Gasteiger partial charge in [-0.2, -0.15) is 0 Å². The molecule has 118 valence electrons. The Balaban J connectivity index is 2.18. The van der Waals surface area contributed by atoms with E-state index in [1.807, 2.05) is 0 Å². The first-order chi connectivity index (χ1) is 9.35. The van der Waals surface area contributed by atoms with Crippen LogP contribution < -0.4 is 0 Å². The van der Waals surface area contributed by atoms with E-state index in [4.69, 9.17) is 9.47 Å². The largest absolute Gasteiger partial charge is 0.388 e. The minimum Gasteiger partial charge on any atom is -0.388 e. The van der Waals surface area contributed by atoms with Crippen LogP contribution in [0.4, 0.5) is 0 Å². The Kier molecular flexibility index (Phi) is 7.12. The summed E-state index contributed by atoms with van der Waals surface area (Å²) in [6, 6.07) is 0. The Bertz CT molecular complexity index is 309. The summed E-state index contributed by atoms with van der Waals surface area (Å²) in [6.45, 7) is 6.01. The van der Waals surface area contributed by atoms with Crippen LogP contribution in [0.1, 0.15) is 46.5 Å². The molecule has 3 N–H and O–H groups in total. The van der Waals surface area contributed by atoms with Gasteiger partial charge in [-0.1, -0.05) is 18.1 Å². The van der Waals surface area contributed by atoms with Crippen LogP contribution in [0, 0.1) is 0 Å². The highest BCUT2D eigenvalue weighted by Crippen LogP contribution is 2.26. The maximum absolute atomic E-state index is 9.94. The normalized spacial score (nSPS) is 34.0. The number of aliphatic hydroxyl groups is 3. The Morgan fingerprint density at radius 1 is 1.30 bits per heavy atom. The predicted octanol–water partition coefficient (Wildman–Crippen LogP) is 1.36. The van der Waals surface area contributed by atoms with E-state index >= 15 is 0 Å². The molecule has 1 saturated heterocycles. The molecule has 1 aliphatic rings. The molecule has 0 aliphatic carbocycles. The van der Waals surface area contributed by atoms with Crippen molar-refractivity contribution < 1.29 is 24.8 Å². The highest BCUT2D eigenvalue weighted by atomic mass is 16.7. The molecule has 1 unspecified atom stereocenters. The molecule has 1 fully saturated rings. The van der Waals surface area contributed by atoms with Gasteiger partial charge in [-0.3, -0.25) is 0 Å². The molecule has 1 aliphatic heterocycles. The van der Waals surface area contributed by atoms with E-state index in [2.05, 4.69) is 19.9 Å². The van der Waals surface area contributed by atoms with Crippen molar-refractivity contribution in [2.45, 2.75) is 70.6 Å². The van der Waals surface area contributed by atoms with Gasteiger partial charge in [-0.05, 0) is 40.0 Å². The highest BCUT2D eigenvalue weighted by molar-refractivity contribution is 4.94. The fourth-order valence-corrected chi connectivity index (χ4v) is 2.07. The van der Waals surface area contributed by atoms with Crippen molar-refractivity contribution in [1.29, 1.82) is 0 Å². The lowest BCUT2D eigenvalue weighted by Crippen LogP contribution is -2.61. The monoisotopic (exact) mass is 288 g/mol. The average Bonchev–Trinajstić information content (AvgIpc) is 2.37. The smallest absolute Gasteiger partial charge is 0.186 e. The molecule has 0 saturated carbocycles. The number of aliphatic hydroxyl groups excluding tert-OH is 2. The van der Waals surface area contributed by atoms with Gasteiger partial charge in [0.15, 0.2) is 6.29 Å². The fourth-order valence-electron chi connectivity index (χ4n) is 2.07. The van der Waals surface area contributed by atoms with E-state index in [1.54, 1.807) is 0 Å². The first kappa shape index (κ1) is 17.6. The van der Waals surface area contributed by atoms with Crippen molar-refractivity contribution in [2.24, 2.45) is 0 Å². The van der Waals surface area contributed by atoms with E-state index in [9.17, 15) is 15.3 Å². The van der Waals surface area contributed by atoms with Gasteiger partial charge in [0, 0.05) is 6.61 Å². The Morgan fingerprint density at radius 2 is 2.00 bits per heavy atom. The van der Waals surface area contributed by atoms with Crippen molar-refractivity contribution in [3.05, 3.63) is 11.6 Å². The second kappa shape index (κ2) is 8.10. The molecule has 0 aromatic rings. The molecule has 0 aromatic heterocycles. The van der Waals surface area contributed by atoms with Gasteiger partial charge in [0.2, 0.25) is 0 Å². The summed E-state index contributed by atoms with van der Waals surface area (Å²) in [4.78, 5) is 0. The van der Waals surface area contributed by atoms with Crippen molar-refractivity contribution in [3.63, 3.8) is 0 Å². The summed E-state index contributed by atoms with van der Waals surface area (Å²) < 4.78 is 10.7.